The molecular formula is C14H15NO6. The minimum absolute atomic E-state index is 0.288. The number of aliphatic carboxylic acids is 1. The Morgan fingerprint density at radius 3 is 2.24 bits per heavy atom. The molecule has 2 rings (SSSR count). The van der Waals surface area contributed by atoms with Gasteiger partial charge < -0.3 is 14.6 Å². The maximum atomic E-state index is 12.0. The van der Waals surface area contributed by atoms with Crippen molar-refractivity contribution in [3.05, 3.63) is 35.9 Å². The Morgan fingerprint density at radius 2 is 1.67 bits per heavy atom. The van der Waals surface area contributed by atoms with Crippen molar-refractivity contribution in [3.8, 4) is 0 Å². The molecule has 0 unspecified atom stereocenters. The summed E-state index contributed by atoms with van der Waals surface area (Å²) in [6, 6.07) is 8.10. The van der Waals surface area contributed by atoms with Crippen LogP contribution < -0.4 is 5.32 Å². The van der Waals surface area contributed by atoms with Gasteiger partial charge in [-0.2, -0.15) is 0 Å². The number of carboxylic acid groups (broad SMARTS) is 1. The Morgan fingerprint density at radius 1 is 1.10 bits per heavy atom. The van der Waals surface area contributed by atoms with E-state index in [1.54, 1.807) is 18.2 Å². The van der Waals surface area contributed by atoms with Gasteiger partial charge in [-0.05, 0) is 26.0 Å². The summed E-state index contributed by atoms with van der Waals surface area (Å²) < 4.78 is 10.4. The Balaban J connectivity index is 2.09. The molecule has 1 aliphatic heterocycles. The number of rotatable bonds is 3. The van der Waals surface area contributed by atoms with Gasteiger partial charge in [0.25, 0.3) is 11.8 Å². The number of imide groups is 1. The topological polar surface area (TPSA) is 102 Å². The van der Waals surface area contributed by atoms with Crippen LogP contribution in [-0.4, -0.2) is 40.9 Å². The van der Waals surface area contributed by atoms with E-state index in [1.807, 2.05) is 0 Å². The molecule has 1 aliphatic rings. The molecule has 1 aromatic carbocycles. The van der Waals surface area contributed by atoms with Crippen molar-refractivity contribution in [3.63, 3.8) is 0 Å². The fraction of sp³-hybridized carbons (Fsp3) is 0.357. The minimum Gasteiger partial charge on any atom is -0.479 e. The second-order valence-corrected chi connectivity index (χ2v) is 5.00. The smallest absolute Gasteiger partial charge is 0.336 e. The average Bonchev–Trinajstić information content (AvgIpc) is 2.76. The summed E-state index contributed by atoms with van der Waals surface area (Å²) in [7, 11) is 0. The molecule has 7 nitrogen and oxygen atoms in total. The first-order valence-corrected chi connectivity index (χ1v) is 6.29. The van der Waals surface area contributed by atoms with Gasteiger partial charge in [-0.3, -0.25) is 14.9 Å². The SMILES string of the molecule is CC1(C)O[C@@H](C(=O)O)[C@H](C(=O)NC(=O)c2ccccc2)O1. The first kappa shape index (κ1) is 15.1. The predicted molar refractivity (Wildman–Crippen MR) is 70.4 cm³/mol. The van der Waals surface area contributed by atoms with Crippen LogP contribution in [0.15, 0.2) is 30.3 Å². The second-order valence-electron chi connectivity index (χ2n) is 5.00. The van der Waals surface area contributed by atoms with Crippen LogP contribution in [0.5, 0.6) is 0 Å². The number of carbonyl (C=O) groups is 3. The van der Waals surface area contributed by atoms with E-state index in [2.05, 4.69) is 5.32 Å². The van der Waals surface area contributed by atoms with Crippen LogP contribution in [0.25, 0.3) is 0 Å². The molecular weight excluding hydrogens is 278 g/mol. The predicted octanol–water partition coefficient (Wildman–Crippen LogP) is 0.548. The van der Waals surface area contributed by atoms with Crippen LogP contribution >= 0.6 is 0 Å². The second kappa shape index (κ2) is 5.63. The molecule has 1 fully saturated rings. The van der Waals surface area contributed by atoms with Crippen molar-refractivity contribution in [2.45, 2.75) is 31.8 Å². The largest absolute Gasteiger partial charge is 0.479 e. The summed E-state index contributed by atoms with van der Waals surface area (Å²) >= 11 is 0. The number of ether oxygens (including phenoxy) is 2. The van der Waals surface area contributed by atoms with E-state index in [4.69, 9.17) is 14.6 Å². The van der Waals surface area contributed by atoms with Gasteiger partial charge in [0.15, 0.2) is 18.0 Å². The highest BCUT2D eigenvalue weighted by Crippen LogP contribution is 2.28. The number of nitrogens with one attached hydrogen (secondary N) is 1. The van der Waals surface area contributed by atoms with Gasteiger partial charge in [-0.1, -0.05) is 18.2 Å². The molecule has 0 spiro atoms. The van der Waals surface area contributed by atoms with Crippen LogP contribution in [0.4, 0.5) is 0 Å². The average molecular weight is 293 g/mol. The van der Waals surface area contributed by atoms with Gasteiger partial charge in [0.2, 0.25) is 0 Å². The highest BCUT2D eigenvalue weighted by atomic mass is 16.8. The highest BCUT2D eigenvalue weighted by Gasteiger charge is 2.49. The molecule has 21 heavy (non-hydrogen) atoms. The van der Waals surface area contributed by atoms with Crippen molar-refractivity contribution in [2.24, 2.45) is 0 Å². The molecule has 0 bridgehead atoms. The van der Waals surface area contributed by atoms with E-state index in [0.29, 0.717) is 0 Å². The molecule has 0 radical (unpaired) electrons. The molecule has 1 saturated heterocycles. The maximum Gasteiger partial charge on any atom is 0.336 e. The summed E-state index contributed by atoms with van der Waals surface area (Å²) in [5, 5.41) is 11.2. The molecule has 0 aromatic heterocycles. The van der Waals surface area contributed by atoms with Gasteiger partial charge in [0, 0.05) is 5.56 Å². The summed E-state index contributed by atoms with van der Waals surface area (Å²) in [5.74, 6) is -4.01. The van der Waals surface area contributed by atoms with E-state index in [-0.39, 0.29) is 5.56 Å². The summed E-state index contributed by atoms with van der Waals surface area (Å²) in [4.78, 5) is 35.0. The van der Waals surface area contributed by atoms with Gasteiger partial charge in [0.1, 0.15) is 0 Å². The summed E-state index contributed by atoms with van der Waals surface area (Å²) in [6.45, 7) is 2.99. The Labute approximate surface area is 120 Å². The van der Waals surface area contributed by atoms with Crippen molar-refractivity contribution in [2.75, 3.05) is 0 Å². The molecule has 0 saturated carbocycles. The standard InChI is InChI=1S/C14H15NO6/c1-14(2)20-9(10(21-14)13(18)19)12(17)15-11(16)8-6-4-3-5-7-8/h3-7,9-10H,1-2H3,(H,18,19)(H,15,16,17)/t9-,10-/m1/s1. The van der Waals surface area contributed by atoms with Crippen LogP contribution in [0.3, 0.4) is 0 Å². The number of hydrogen-bond donors (Lipinski definition) is 2. The molecule has 1 heterocycles. The summed E-state index contributed by atoms with van der Waals surface area (Å²) in [5.41, 5.74) is 0.288. The number of carboxylic acids is 1. The molecule has 2 N–H and O–H groups in total. The first-order valence-electron chi connectivity index (χ1n) is 6.29. The van der Waals surface area contributed by atoms with Crippen molar-refractivity contribution in [1.29, 1.82) is 0 Å². The normalized spacial score (nSPS) is 23.5. The minimum atomic E-state index is -1.46. The third-order valence-corrected chi connectivity index (χ3v) is 2.87. The van der Waals surface area contributed by atoms with Crippen molar-refractivity contribution >= 4 is 17.8 Å². The fourth-order valence-electron chi connectivity index (χ4n) is 1.98. The van der Waals surface area contributed by atoms with Gasteiger partial charge in [-0.25, -0.2) is 4.79 Å². The Bertz CT molecular complexity index is 568. The molecule has 0 aliphatic carbocycles. The van der Waals surface area contributed by atoms with Crippen LogP contribution in [-0.2, 0) is 19.1 Å². The molecule has 112 valence electrons. The zero-order chi connectivity index (χ0) is 15.6. The first-order chi connectivity index (χ1) is 9.80. The number of hydrogen-bond acceptors (Lipinski definition) is 5. The number of amides is 2. The molecule has 1 aromatic rings. The van der Waals surface area contributed by atoms with E-state index in [0.717, 1.165) is 0 Å². The fourth-order valence-corrected chi connectivity index (χ4v) is 1.98. The zero-order valence-corrected chi connectivity index (χ0v) is 11.5. The van der Waals surface area contributed by atoms with Crippen LogP contribution in [0.2, 0.25) is 0 Å². The lowest BCUT2D eigenvalue weighted by atomic mass is 10.1. The van der Waals surface area contributed by atoms with Crippen molar-refractivity contribution in [1.82, 2.24) is 5.32 Å². The molecule has 2 atom stereocenters. The van der Waals surface area contributed by atoms with E-state index in [9.17, 15) is 14.4 Å². The Hall–Kier alpha value is -2.25. The van der Waals surface area contributed by atoms with Crippen molar-refractivity contribution < 1.29 is 29.0 Å². The highest BCUT2D eigenvalue weighted by molar-refractivity contribution is 6.06. The lowest BCUT2D eigenvalue weighted by Gasteiger charge is -2.16. The lowest BCUT2D eigenvalue weighted by Crippen LogP contribution is -2.46. The number of carbonyl (C=O) groups excluding carboxylic acids is 2. The van der Waals surface area contributed by atoms with Gasteiger partial charge in [0.05, 0.1) is 0 Å². The van der Waals surface area contributed by atoms with Gasteiger partial charge >= 0.3 is 5.97 Å². The Kier molecular flexibility index (Phi) is 4.06. The third kappa shape index (κ3) is 3.45. The quantitative estimate of drug-likeness (QED) is 0.789. The molecule has 2 amide bonds. The molecule has 7 heteroatoms. The van der Waals surface area contributed by atoms with Gasteiger partial charge in [-0.15, -0.1) is 0 Å². The van der Waals surface area contributed by atoms with Crippen LogP contribution in [0.1, 0.15) is 24.2 Å². The zero-order valence-electron chi connectivity index (χ0n) is 11.5. The van der Waals surface area contributed by atoms with Crippen LogP contribution in [0, 0.1) is 0 Å². The number of benzene rings is 1. The van der Waals surface area contributed by atoms with E-state index in [1.165, 1.54) is 26.0 Å². The lowest BCUT2D eigenvalue weighted by molar-refractivity contribution is -0.166. The maximum absolute atomic E-state index is 12.0. The van der Waals surface area contributed by atoms with E-state index >= 15 is 0 Å². The summed E-state index contributed by atoms with van der Waals surface area (Å²) in [6.07, 6.45) is -2.84. The third-order valence-electron chi connectivity index (χ3n) is 2.87. The monoisotopic (exact) mass is 293 g/mol. The van der Waals surface area contributed by atoms with E-state index < -0.39 is 35.8 Å².